The van der Waals surface area contributed by atoms with E-state index in [-0.39, 0.29) is 65.0 Å². The monoisotopic (exact) mass is 524 g/mol. The van der Waals surface area contributed by atoms with Gasteiger partial charge in [-0.1, -0.05) is 0 Å². The van der Waals surface area contributed by atoms with Crippen LogP contribution in [-0.4, -0.2) is 52.3 Å². The summed E-state index contributed by atoms with van der Waals surface area (Å²) in [6.45, 7) is 16.8. The third kappa shape index (κ3) is 7.06. The summed E-state index contributed by atoms with van der Waals surface area (Å²) in [5.41, 5.74) is -0.955. The molecule has 0 aromatic rings. The fourth-order valence-corrected chi connectivity index (χ4v) is 10.3. The van der Waals surface area contributed by atoms with Gasteiger partial charge in [0.15, 0.2) is 0 Å². The second-order valence-corrected chi connectivity index (χ2v) is 17.4. The van der Waals surface area contributed by atoms with Gasteiger partial charge in [0.05, 0.1) is 0 Å². The average Bonchev–Trinajstić information content (AvgIpc) is 2.46. The summed E-state index contributed by atoms with van der Waals surface area (Å²) >= 11 is 0.0330. The predicted octanol–water partition coefficient (Wildman–Crippen LogP) is 1.07. The van der Waals surface area contributed by atoms with Crippen LogP contribution in [0.2, 0.25) is 0 Å². The Kier molecular flexibility index (Phi) is 7.38. The summed E-state index contributed by atoms with van der Waals surface area (Å²) in [7, 11) is 0. The molecule has 0 aromatic heterocycles. The van der Waals surface area contributed by atoms with Gasteiger partial charge in [-0.25, -0.2) is 0 Å². The molecule has 0 bridgehead atoms. The number of alkyl halides is 2. The molecule has 0 aliphatic carbocycles. The summed E-state index contributed by atoms with van der Waals surface area (Å²) in [6.07, 6.45) is 2.68. The number of carbonyl (C=O) groups excluding carboxylic acids is 2. The van der Waals surface area contributed by atoms with Crippen LogP contribution in [0.3, 0.4) is 0 Å². The van der Waals surface area contributed by atoms with Crippen molar-refractivity contribution in [3.05, 3.63) is 0 Å². The van der Waals surface area contributed by atoms with Gasteiger partial charge in [-0.15, -0.1) is 0 Å². The predicted molar refractivity (Wildman–Crippen MR) is 107 cm³/mol. The van der Waals surface area contributed by atoms with Crippen molar-refractivity contribution in [3.8, 4) is 0 Å². The molecule has 2 fully saturated rings. The number of piperidine rings is 1. The van der Waals surface area contributed by atoms with Crippen LogP contribution in [0.4, 0.5) is 0 Å². The number of hydrogen-bond donors (Lipinski definition) is 1. The van der Waals surface area contributed by atoms with Crippen molar-refractivity contribution >= 4 is 11.9 Å². The molecule has 0 aromatic carbocycles. The van der Waals surface area contributed by atoms with Crippen LogP contribution in [0.25, 0.3) is 0 Å². The van der Waals surface area contributed by atoms with E-state index in [9.17, 15) is 14.8 Å². The number of esters is 2. The number of ether oxygens (including phenoxy) is 2. The van der Waals surface area contributed by atoms with Crippen molar-refractivity contribution in [2.75, 3.05) is 0 Å². The van der Waals surface area contributed by atoms with Gasteiger partial charge < -0.3 is 5.21 Å². The number of hydroxylamine groups is 2. The fourth-order valence-electron chi connectivity index (χ4n) is 4.96. The molecule has 0 spiro atoms. The Bertz CT molecular complexity index is 595. The molecule has 29 heavy (non-hydrogen) atoms. The zero-order valence-electron chi connectivity index (χ0n) is 19.3. The van der Waals surface area contributed by atoms with Gasteiger partial charge in [-0.2, -0.15) is 5.06 Å². The summed E-state index contributed by atoms with van der Waals surface area (Å²) in [5.74, 6) is -0.690. The normalized spacial score (nSPS) is 26.9. The molecule has 6 nitrogen and oxygen atoms in total. The first kappa shape index (κ1) is 24.9. The topological polar surface area (TPSA) is 76.1 Å². The minimum atomic E-state index is -0.477. The Balaban J connectivity index is 1.81. The van der Waals surface area contributed by atoms with Gasteiger partial charge in [-0.3, -0.25) is 0 Å². The second-order valence-electron chi connectivity index (χ2n) is 11.0. The first-order chi connectivity index (χ1) is 13.0. The zero-order chi connectivity index (χ0) is 22.3. The molecule has 2 heterocycles. The van der Waals surface area contributed by atoms with Crippen molar-refractivity contribution in [1.82, 2.24) is 5.06 Å². The van der Waals surface area contributed by atoms with Crippen LogP contribution in [0, 0.1) is 0 Å². The van der Waals surface area contributed by atoms with Gasteiger partial charge >= 0.3 is 149 Å². The maximum atomic E-state index is 12.3. The Morgan fingerprint density at radius 1 is 0.793 bits per heavy atom. The summed E-state index contributed by atoms with van der Waals surface area (Å²) in [4.78, 5) is 24.6. The van der Waals surface area contributed by atoms with Crippen molar-refractivity contribution in [1.29, 1.82) is 0 Å². The number of carbonyl (C=O) groups is 2. The molecule has 0 radical (unpaired) electrons. The first-order valence-electron chi connectivity index (χ1n) is 10.6. The van der Waals surface area contributed by atoms with E-state index in [0.29, 0.717) is 12.8 Å². The Hall–Kier alpha value is -0.410. The van der Waals surface area contributed by atoms with Crippen molar-refractivity contribution < 1.29 is 45.5 Å². The van der Waals surface area contributed by atoms with E-state index >= 15 is 0 Å². The molecule has 2 rings (SSSR count). The van der Waals surface area contributed by atoms with E-state index in [1.807, 2.05) is 27.7 Å². The molecule has 0 unspecified atom stereocenters. The Morgan fingerprint density at radius 3 is 1.52 bits per heavy atom. The maximum absolute atomic E-state index is 12.3. The molecule has 2 aliphatic heterocycles. The molecule has 2 saturated heterocycles. The summed E-state index contributed by atoms with van der Waals surface area (Å²) < 4.78 is 11.9. The molecular weight excluding hydrogens is 485 g/mol. The molecule has 0 amide bonds. The van der Waals surface area contributed by atoms with Gasteiger partial charge in [0.1, 0.15) is 0 Å². The van der Waals surface area contributed by atoms with E-state index in [0.717, 1.165) is 12.8 Å². The molecule has 0 saturated carbocycles. The summed E-state index contributed by atoms with van der Waals surface area (Å²) in [6, 6.07) is 0. The standard InChI is InChI=1S/C22H39INO5/c1-19(2)11-15(12-20(3,4)23-19)28-17(25)9-10-18(26)29-16-13-21(5,6)24(27)22(7,8)14-16/h15-16,27H,9-14H2,1-8H3/q-1. The van der Waals surface area contributed by atoms with Gasteiger partial charge in [-0.05, 0) is 27.7 Å². The molecular formula is C22H39INO5-. The van der Waals surface area contributed by atoms with Crippen LogP contribution in [0.1, 0.15) is 93.9 Å². The van der Waals surface area contributed by atoms with E-state index in [4.69, 9.17) is 9.47 Å². The van der Waals surface area contributed by atoms with Crippen LogP contribution in [-0.2, 0) is 19.1 Å². The third-order valence-corrected chi connectivity index (χ3v) is 9.47. The van der Waals surface area contributed by atoms with Crippen molar-refractivity contribution in [3.63, 3.8) is 0 Å². The second kappa shape index (κ2) is 8.61. The van der Waals surface area contributed by atoms with Gasteiger partial charge in [0, 0.05) is 0 Å². The average molecular weight is 524 g/mol. The van der Waals surface area contributed by atoms with Crippen molar-refractivity contribution in [2.45, 2.75) is 124 Å². The van der Waals surface area contributed by atoms with Crippen LogP contribution in [0.15, 0.2) is 0 Å². The quantitative estimate of drug-likeness (QED) is 0.330. The van der Waals surface area contributed by atoms with E-state index < -0.39 is 11.1 Å². The third-order valence-electron chi connectivity index (χ3n) is 5.67. The van der Waals surface area contributed by atoms with Gasteiger partial charge in [0.25, 0.3) is 0 Å². The minimum absolute atomic E-state index is 0.0330. The summed E-state index contributed by atoms with van der Waals surface area (Å²) in [5, 5.41) is 11.7. The number of hydrogen-bond acceptors (Lipinski definition) is 6. The van der Waals surface area contributed by atoms with Gasteiger partial charge in [0.2, 0.25) is 0 Å². The van der Waals surface area contributed by atoms with E-state index in [1.54, 1.807) is 0 Å². The first-order valence-corrected chi connectivity index (χ1v) is 12.7. The number of halogens is 1. The van der Waals surface area contributed by atoms with Crippen molar-refractivity contribution in [2.24, 2.45) is 0 Å². The van der Waals surface area contributed by atoms with Crippen LogP contribution < -0.4 is 21.2 Å². The fraction of sp³-hybridized carbons (Fsp3) is 0.909. The SMILES string of the molecule is CC1(C)CC(OC(=O)CCC(=O)OC2CC(C)(C)N(O)C(C)(C)C2)CC(C)(C)[I-]1. The molecule has 0 atom stereocenters. The Labute approximate surface area is 186 Å². The van der Waals surface area contributed by atoms with E-state index in [1.165, 1.54) is 5.06 Å². The van der Waals surface area contributed by atoms with E-state index in [2.05, 4.69) is 27.7 Å². The molecule has 1 N–H and O–H groups in total. The zero-order valence-corrected chi connectivity index (χ0v) is 21.5. The molecule has 2 aliphatic rings. The molecule has 7 heteroatoms. The molecule has 170 valence electrons. The van der Waals surface area contributed by atoms with Crippen LogP contribution in [0.5, 0.6) is 0 Å². The number of rotatable bonds is 5. The van der Waals surface area contributed by atoms with Crippen LogP contribution >= 0.6 is 0 Å². The number of nitrogens with zero attached hydrogens (tertiary/aromatic N) is 1. The Morgan fingerprint density at radius 2 is 1.14 bits per heavy atom.